The van der Waals surface area contributed by atoms with Gasteiger partial charge in [-0.05, 0) is 11.6 Å². The summed E-state index contributed by atoms with van der Waals surface area (Å²) in [4.78, 5) is 14.9. The van der Waals surface area contributed by atoms with Crippen molar-refractivity contribution in [3.63, 3.8) is 0 Å². The maximum Gasteiger partial charge on any atom is 0.294 e. The van der Waals surface area contributed by atoms with Gasteiger partial charge in [0.2, 0.25) is 0 Å². The third kappa shape index (κ3) is 2.69. The number of anilines is 1. The zero-order chi connectivity index (χ0) is 14.9. The first-order chi connectivity index (χ1) is 10.1. The maximum atomic E-state index is 11.3. The van der Waals surface area contributed by atoms with Crippen molar-refractivity contribution in [1.82, 2.24) is 19.9 Å². The number of benzene rings is 1. The second kappa shape index (κ2) is 5.11. The monoisotopic (exact) mass is 305 g/mol. The number of imidazole rings is 1. The third-order valence-corrected chi connectivity index (χ3v) is 3.87. The molecule has 9 heteroatoms. The summed E-state index contributed by atoms with van der Waals surface area (Å²) >= 11 is 0. The molecule has 2 heterocycles. The van der Waals surface area contributed by atoms with Crippen molar-refractivity contribution in [3.05, 3.63) is 42.5 Å². The van der Waals surface area contributed by atoms with E-state index in [1.807, 2.05) is 0 Å². The number of fused-ring (bicyclic) bond motifs is 1. The average molecular weight is 305 g/mol. The molecule has 8 nitrogen and oxygen atoms in total. The minimum absolute atomic E-state index is 0.134. The fraction of sp³-hybridized carbons (Fsp3) is 0.0833. The molecule has 3 N–H and O–H groups in total. The highest BCUT2D eigenvalue weighted by Gasteiger charge is 2.15. The van der Waals surface area contributed by atoms with Crippen LogP contribution in [0, 0.1) is 0 Å². The quantitative estimate of drug-likeness (QED) is 0.619. The van der Waals surface area contributed by atoms with Crippen LogP contribution in [0.4, 0.5) is 5.82 Å². The van der Waals surface area contributed by atoms with Crippen molar-refractivity contribution in [2.45, 2.75) is 11.4 Å². The topological polar surface area (TPSA) is 121 Å². The number of rotatable bonds is 4. The lowest BCUT2D eigenvalue weighted by Gasteiger charge is -2.09. The van der Waals surface area contributed by atoms with Gasteiger partial charge in [-0.15, -0.1) is 0 Å². The zero-order valence-corrected chi connectivity index (χ0v) is 11.5. The van der Waals surface area contributed by atoms with E-state index in [1.54, 1.807) is 18.2 Å². The Labute approximate surface area is 120 Å². The van der Waals surface area contributed by atoms with Gasteiger partial charge in [0.05, 0.1) is 11.2 Å². The van der Waals surface area contributed by atoms with E-state index in [-0.39, 0.29) is 11.4 Å². The number of hydrogen-bond acceptors (Lipinski definition) is 6. The summed E-state index contributed by atoms with van der Waals surface area (Å²) in [5, 5.41) is 2.99. The summed E-state index contributed by atoms with van der Waals surface area (Å²) < 4.78 is 31.8. The number of aromatic amines is 1. The molecule has 0 atom stereocenters. The first-order valence-electron chi connectivity index (χ1n) is 5.99. The highest BCUT2D eigenvalue weighted by Crippen LogP contribution is 2.19. The van der Waals surface area contributed by atoms with Crippen LogP contribution in [0.1, 0.15) is 5.56 Å². The highest BCUT2D eigenvalue weighted by atomic mass is 32.2. The summed E-state index contributed by atoms with van der Waals surface area (Å²) in [6.07, 6.45) is 2.87. The van der Waals surface area contributed by atoms with Gasteiger partial charge in [-0.25, -0.2) is 15.0 Å². The molecular formula is C12H11N5O3S. The van der Waals surface area contributed by atoms with Crippen molar-refractivity contribution >= 4 is 27.1 Å². The SMILES string of the molecule is O=S(=O)(O)c1ccccc1CNc1ncnc2[nH]cnc12. The lowest BCUT2D eigenvalue weighted by molar-refractivity contribution is 0.482. The van der Waals surface area contributed by atoms with Crippen LogP contribution in [0.15, 0.2) is 41.8 Å². The molecule has 0 radical (unpaired) electrons. The Hall–Kier alpha value is -2.52. The van der Waals surface area contributed by atoms with Crippen molar-refractivity contribution < 1.29 is 13.0 Å². The van der Waals surface area contributed by atoms with E-state index >= 15 is 0 Å². The molecule has 0 saturated carbocycles. The third-order valence-electron chi connectivity index (χ3n) is 2.91. The van der Waals surface area contributed by atoms with E-state index < -0.39 is 10.1 Å². The van der Waals surface area contributed by atoms with E-state index in [0.29, 0.717) is 22.5 Å². The predicted molar refractivity (Wildman–Crippen MR) is 75.3 cm³/mol. The molecule has 0 unspecified atom stereocenters. The summed E-state index contributed by atoms with van der Waals surface area (Å²) in [6.45, 7) is 0.176. The maximum absolute atomic E-state index is 11.3. The number of hydrogen-bond donors (Lipinski definition) is 3. The Bertz CT molecular complexity index is 891. The molecule has 0 bridgehead atoms. The average Bonchev–Trinajstić information content (AvgIpc) is 2.93. The number of nitrogens with one attached hydrogen (secondary N) is 2. The minimum atomic E-state index is -4.26. The zero-order valence-electron chi connectivity index (χ0n) is 10.7. The van der Waals surface area contributed by atoms with Gasteiger partial charge in [0.1, 0.15) is 11.8 Å². The minimum Gasteiger partial charge on any atom is -0.364 e. The molecule has 3 aromatic rings. The van der Waals surface area contributed by atoms with Gasteiger partial charge in [-0.3, -0.25) is 4.55 Å². The summed E-state index contributed by atoms with van der Waals surface area (Å²) in [6, 6.07) is 6.19. The summed E-state index contributed by atoms with van der Waals surface area (Å²) in [5.74, 6) is 0.478. The Morgan fingerprint density at radius 1 is 1.19 bits per heavy atom. The van der Waals surface area contributed by atoms with Crippen LogP contribution in [-0.4, -0.2) is 32.9 Å². The van der Waals surface area contributed by atoms with Crippen molar-refractivity contribution in [2.24, 2.45) is 0 Å². The molecule has 0 aliphatic carbocycles. The predicted octanol–water partition coefficient (Wildman–Crippen LogP) is 1.21. The van der Waals surface area contributed by atoms with Crippen LogP contribution in [0.5, 0.6) is 0 Å². The first kappa shape index (κ1) is 13.5. The normalized spacial score (nSPS) is 11.7. The van der Waals surface area contributed by atoms with E-state index in [4.69, 9.17) is 0 Å². The van der Waals surface area contributed by atoms with E-state index in [9.17, 15) is 13.0 Å². The molecule has 2 aromatic heterocycles. The largest absolute Gasteiger partial charge is 0.364 e. The molecule has 0 amide bonds. The van der Waals surface area contributed by atoms with Gasteiger partial charge >= 0.3 is 0 Å². The van der Waals surface area contributed by atoms with Crippen molar-refractivity contribution in [1.29, 1.82) is 0 Å². The summed E-state index contributed by atoms with van der Waals surface area (Å²) in [5.41, 5.74) is 1.57. The van der Waals surface area contributed by atoms with Crippen LogP contribution in [0.3, 0.4) is 0 Å². The molecular weight excluding hydrogens is 294 g/mol. The Morgan fingerprint density at radius 3 is 2.81 bits per heavy atom. The van der Waals surface area contributed by atoms with Crippen LogP contribution in [-0.2, 0) is 16.7 Å². The van der Waals surface area contributed by atoms with Gasteiger partial charge in [-0.1, -0.05) is 18.2 Å². The van der Waals surface area contributed by atoms with Crippen molar-refractivity contribution in [3.8, 4) is 0 Å². The van der Waals surface area contributed by atoms with Gasteiger partial charge in [0.25, 0.3) is 10.1 Å². The molecule has 0 saturated heterocycles. The van der Waals surface area contributed by atoms with Crippen LogP contribution < -0.4 is 5.32 Å². The van der Waals surface area contributed by atoms with Crippen LogP contribution in [0.25, 0.3) is 11.2 Å². The molecule has 0 fully saturated rings. The Balaban J connectivity index is 1.91. The standard InChI is InChI=1S/C12H11N5O3S/c18-21(19,20)9-4-2-1-3-8(9)5-13-11-10-12(15-6-14-10)17-7-16-11/h1-4,6-7H,5H2,(H,18,19,20)(H2,13,14,15,16,17). The highest BCUT2D eigenvalue weighted by molar-refractivity contribution is 7.85. The Kier molecular flexibility index (Phi) is 3.28. The molecule has 0 aliphatic heterocycles. The summed E-state index contributed by atoms with van der Waals surface area (Å²) in [7, 11) is -4.26. The molecule has 21 heavy (non-hydrogen) atoms. The number of aromatic nitrogens is 4. The molecule has 0 aliphatic rings. The molecule has 3 rings (SSSR count). The lowest BCUT2D eigenvalue weighted by atomic mass is 10.2. The fourth-order valence-corrected chi connectivity index (χ4v) is 2.70. The van der Waals surface area contributed by atoms with E-state index in [2.05, 4.69) is 25.3 Å². The van der Waals surface area contributed by atoms with Gasteiger partial charge in [0, 0.05) is 6.54 Å². The first-order valence-corrected chi connectivity index (χ1v) is 7.43. The Morgan fingerprint density at radius 2 is 2.00 bits per heavy atom. The smallest absolute Gasteiger partial charge is 0.294 e. The van der Waals surface area contributed by atoms with Crippen LogP contribution >= 0.6 is 0 Å². The van der Waals surface area contributed by atoms with E-state index in [0.717, 1.165) is 0 Å². The van der Waals surface area contributed by atoms with Gasteiger partial charge in [-0.2, -0.15) is 8.42 Å². The molecule has 1 aromatic carbocycles. The molecule has 0 spiro atoms. The van der Waals surface area contributed by atoms with Crippen molar-refractivity contribution in [2.75, 3.05) is 5.32 Å². The van der Waals surface area contributed by atoms with E-state index in [1.165, 1.54) is 18.7 Å². The van der Waals surface area contributed by atoms with Gasteiger partial charge in [0.15, 0.2) is 11.5 Å². The second-order valence-electron chi connectivity index (χ2n) is 4.26. The molecule has 108 valence electrons. The second-order valence-corrected chi connectivity index (χ2v) is 5.65. The van der Waals surface area contributed by atoms with Crippen LogP contribution in [0.2, 0.25) is 0 Å². The lowest BCUT2D eigenvalue weighted by Crippen LogP contribution is -2.08. The van der Waals surface area contributed by atoms with Gasteiger partial charge < -0.3 is 10.3 Å². The number of nitrogens with zero attached hydrogens (tertiary/aromatic N) is 3. The fourth-order valence-electron chi connectivity index (χ4n) is 1.97. The number of H-pyrrole nitrogens is 1.